The van der Waals surface area contributed by atoms with Crippen LogP contribution in [0.25, 0.3) is 11.5 Å². The molecule has 18 heavy (non-hydrogen) atoms. The highest BCUT2D eigenvalue weighted by Gasteiger charge is 2.15. The van der Waals surface area contributed by atoms with E-state index in [1.165, 1.54) is 6.07 Å². The molecular formula is C11H12N4O3. The normalized spacial score (nSPS) is 10.6. The number of benzene rings is 1. The average Bonchev–Trinajstić information content (AvgIpc) is 2.78. The molecule has 0 spiro atoms. The average molecular weight is 248 g/mol. The zero-order chi connectivity index (χ0) is 13.1. The van der Waals surface area contributed by atoms with Crippen LogP contribution in [-0.4, -0.2) is 22.1 Å². The summed E-state index contributed by atoms with van der Waals surface area (Å²) in [6.07, 6.45) is 0. The van der Waals surface area contributed by atoms with Crippen molar-refractivity contribution in [3.05, 3.63) is 39.7 Å². The van der Waals surface area contributed by atoms with Crippen LogP contribution in [-0.2, 0) is 6.54 Å². The summed E-state index contributed by atoms with van der Waals surface area (Å²) >= 11 is 0. The van der Waals surface area contributed by atoms with Crippen molar-refractivity contribution in [2.45, 2.75) is 13.5 Å². The van der Waals surface area contributed by atoms with Crippen molar-refractivity contribution in [2.24, 2.45) is 0 Å². The third-order valence-electron chi connectivity index (χ3n) is 2.46. The lowest BCUT2D eigenvalue weighted by Gasteiger charge is -1.98. The van der Waals surface area contributed by atoms with Crippen molar-refractivity contribution in [1.82, 2.24) is 15.5 Å². The standard InChI is InChI=1S/C11H12N4O3/c1-7-3-4-8(5-9(7)15(16)17)11-13-10(6-12-2)14-18-11/h3-5,12H,6H2,1-2H3. The lowest BCUT2D eigenvalue weighted by molar-refractivity contribution is -0.385. The Labute approximate surface area is 103 Å². The first kappa shape index (κ1) is 12.2. The smallest absolute Gasteiger partial charge is 0.273 e. The van der Waals surface area contributed by atoms with Crippen LogP contribution in [0.15, 0.2) is 22.7 Å². The van der Waals surface area contributed by atoms with Crippen molar-refractivity contribution in [3.8, 4) is 11.5 Å². The molecule has 2 aromatic rings. The van der Waals surface area contributed by atoms with E-state index in [-0.39, 0.29) is 11.6 Å². The van der Waals surface area contributed by atoms with Gasteiger partial charge in [-0.25, -0.2) is 0 Å². The van der Waals surface area contributed by atoms with Gasteiger partial charge in [0.15, 0.2) is 5.82 Å². The molecule has 0 fully saturated rings. The van der Waals surface area contributed by atoms with Gasteiger partial charge < -0.3 is 9.84 Å². The highest BCUT2D eigenvalue weighted by molar-refractivity contribution is 5.59. The second-order valence-electron chi connectivity index (χ2n) is 3.80. The van der Waals surface area contributed by atoms with Gasteiger partial charge in [0.25, 0.3) is 11.6 Å². The fraction of sp³-hybridized carbons (Fsp3) is 0.273. The fourth-order valence-electron chi connectivity index (χ4n) is 1.54. The molecule has 0 bridgehead atoms. The van der Waals surface area contributed by atoms with Gasteiger partial charge in [-0.1, -0.05) is 11.2 Å². The van der Waals surface area contributed by atoms with Crippen LogP contribution < -0.4 is 5.32 Å². The third-order valence-corrected chi connectivity index (χ3v) is 2.46. The van der Waals surface area contributed by atoms with E-state index in [1.807, 2.05) is 0 Å². The predicted molar refractivity (Wildman–Crippen MR) is 63.9 cm³/mol. The van der Waals surface area contributed by atoms with Gasteiger partial charge in [-0.2, -0.15) is 4.98 Å². The Morgan fingerprint density at radius 2 is 2.28 bits per heavy atom. The van der Waals surface area contributed by atoms with Crippen molar-refractivity contribution in [1.29, 1.82) is 0 Å². The van der Waals surface area contributed by atoms with Crippen LogP contribution in [0.1, 0.15) is 11.4 Å². The van der Waals surface area contributed by atoms with Crippen LogP contribution in [0.3, 0.4) is 0 Å². The van der Waals surface area contributed by atoms with Crippen molar-refractivity contribution in [2.75, 3.05) is 7.05 Å². The van der Waals surface area contributed by atoms with Crippen molar-refractivity contribution < 1.29 is 9.45 Å². The number of hydrogen-bond donors (Lipinski definition) is 1. The summed E-state index contributed by atoms with van der Waals surface area (Å²) in [6, 6.07) is 4.82. The summed E-state index contributed by atoms with van der Waals surface area (Å²) < 4.78 is 5.05. The number of hydrogen-bond acceptors (Lipinski definition) is 6. The first-order chi connectivity index (χ1) is 8.61. The molecular weight excluding hydrogens is 236 g/mol. The van der Waals surface area contributed by atoms with E-state index in [9.17, 15) is 10.1 Å². The summed E-state index contributed by atoms with van der Waals surface area (Å²) in [7, 11) is 1.77. The van der Waals surface area contributed by atoms with E-state index in [1.54, 1.807) is 26.1 Å². The molecule has 1 N–H and O–H groups in total. The predicted octanol–water partition coefficient (Wildman–Crippen LogP) is 1.67. The summed E-state index contributed by atoms with van der Waals surface area (Å²) in [6.45, 7) is 2.17. The van der Waals surface area contributed by atoms with Crippen LogP contribution in [0.4, 0.5) is 5.69 Å². The quantitative estimate of drug-likeness (QED) is 0.653. The van der Waals surface area contributed by atoms with E-state index >= 15 is 0 Å². The molecule has 7 heteroatoms. The topological polar surface area (TPSA) is 94.1 Å². The molecule has 1 aromatic carbocycles. The molecule has 0 unspecified atom stereocenters. The molecule has 1 aromatic heterocycles. The van der Waals surface area contributed by atoms with E-state index in [0.29, 0.717) is 23.5 Å². The zero-order valence-corrected chi connectivity index (χ0v) is 10.0. The molecule has 0 atom stereocenters. The van der Waals surface area contributed by atoms with E-state index in [0.717, 1.165) is 0 Å². The van der Waals surface area contributed by atoms with E-state index in [4.69, 9.17) is 4.52 Å². The van der Waals surface area contributed by atoms with Crippen LogP contribution in [0.2, 0.25) is 0 Å². The Bertz CT molecular complexity index is 579. The highest BCUT2D eigenvalue weighted by Crippen LogP contribution is 2.25. The number of rotatable bonds is 4. The molecule has 0 aliphatic rings. The monoisotopic (exact) mass is 248 g/mol. The third kappa shape index (κ3) is 2.35. The maximum atomic E-state index is 10.8. The Kier molecular flexibility index (Phi) is 3.33. The molecule has 2 rings (SSSR count). The lowest BCUT2D eigenvalue weighted by Crippen LogP contribution is -2.06. The SMILES string of the molecule is CNCc1noc(-c2ccc(C)c([N+](=O)[O-])c2)n1. The van der Waals surface area contributed by atoms with Gasteiger partial charge in [-0.15, -0.1) is 0 Å². The number of aryl methyl sites for hydroxylation is 1. The van der Waals surface area contributed by atoms with Gasteiger partial charge in [0.05, 0.1) is 11.5 Å². The minimum Gasteiger partial charge on any atom is -0.334 e. The lowest BCUT2D eigenvalue weighted by atomic mass is 10.1. The van der Waals surface area contributed by atoms with Gasteiger partial charge >= 0.3 is 0 Å². The van der Waals surface area contributed by atoms with E-state index in [2.05, 4.69) is 15.5 Å². The van der Waals surface area contributed by atoms with Gasteiger partial charge in [0, 0.05) is 17.2 Å². The fourth-order valence-corrected chi connectivity index (χ4v) is 1.54. The number of aromatic nitrogens is 2. The molecule has 0 amide bonds. The van der Waals surface area contributed by atoms with E-state index < -0.39 is 4.92 Å². The second kappa shape index (κ2) is 4.92. The Morgan fingerprint density at radius 3 is 2.94 bits per heavy atom. The van der Waals surface area contributed by atoms with Gasteiger partial charge in [-0.3, -0.25) is 10.1 Å². The number of nitrogens with one attached hydrogen (secondary N) is 1. The Hall–Kier alpha value is -2.28. The summed E-state index contributed by atoms with van der Waals surface area (Å²) in [5.41, 5.74) is 1.18. The van der Waals surface area contributed by atoms with Crippen molar-refractivity contribution >= 4 is 5.69 Å². The molecule has 0 aliphatic heterocycles. The minimum absolute atomic E-state index is 0.0425. The summed E-state index contributed by atoms with van der Waals surface area (Å²) in [5, 5.41) is 17.5. The molecule has 0 saturated carbocycles. The number of nitro benzene ring substituents is 1. The zero-order valence-electron chi connectivity index (χ0n) is 10.0. The molecule has 0 radical (unpaired) electrons. The highest BCUT2D eigenvalue weighted by atomic mass is 16.6. The number of nitrogens with zero attached hydrogens (tertiary/aromatic N) is 3. The summed E-state index contributed by atoms with van der Waals surface area (Å²) in [5.74, 6) is 0.791. The van der Waals surface area contributed by atoms with Gasteiger partial charge in [-0.05, 0) is 20.0 Å². The largest absolute Gasteiger partial charge is 0.334 e. The number of nitro groups is 1. The molecule has 1 heterocycles. The van der Waals surface area contributed by atoms with Gasteiger partial charge in [0.2, 0.25) is 0 Å². The van der Waals surface area contributed by atoms with Crippen molar-refractivity contribution in [3.63, 3.8) is 0 Å². The maximum absolute atomic E-state index is 10.8. The maximum Gasteiger partial charge on any atom is 0.273 e. The second-order valence-corrected chi connectivity index (χ2v) is 3.80. The first-order valence-corrected chi connectivity index (χ1v) is 5.34. The Balaban J connectivity index is 2.38. The van der Waals surface area contributed by atoms with Crippen LogP contribution >= 0.6 is 0 Å². The molecule has 7 nitrogen and oxygen atoms in total. The summed E-state index contributed by atoms with van der Waals surface area (Å²) in [4.78, 5) is 14.6. The minimum atomic E-state index is -0.427. The first-order valence-electron chi connectivity index (χ1n) is 5.34. The Morgan fingerprint density at radius 1 is 1.50 bits per heavy atom. The van der Waals surface area contributed by atoms with Crippen LogP contribution in [0.5, 0.6) is 0 Å². The molecule has 94 valence electrons. The van der Waals surface area contributed by atoms with Gasteiger partial charge in [0.1, 0.15) is 0 Å². The molecule has 0 aliphatic carbocycles. The molecule has 0 saturated heterocycles. The van der Waals surface area contributed by atoms with Crippen LogP contribution in [0, 0.1) is 17.0 Å².